The van der Waals surface area contributed by atoms with Gasteiger partial charge in [0.05, 0.1) is 6.04 Å². The molecule has 4 nitrogen and oxygen atoms in total. The van der Waals surface area contributed by atoms with Crippen LogP contribution in [-0.2, 0) is 0 Å². The Labute approximate surface area is 117 Å². The Kier molecular flexibility index (Phi) is 3.16. The second-order valence-corrected chi connectivity index (χ2v) is 5.11. The second-order valence-electron chi connectivity index (χ2n) is 5.11. The van der Waals surface area contributed by atoms with E-state index in [9.17, 15) is 4.79 Å². The van der Waals surface area contributed by atoms with Crippen LogP contribution < -0.4 is 16.8 Å². The highest BCUT2D eigenvalue weighted by atomic mass is 16.1. The molecule has 0 bridgehead atoms. The van der Waals surface area contributed by atoms with Gasteiger partial charge < -0.3 is 16.8 Å². The molecule has 1 aliphatic rings. The SMILES string of the molecule is NC(=O)c1cccc(NC2CC(N)c3ccccc32)c1. The van der Waals surface area contributed by atoms with Gasteiger partial charge in [0.15, 0.2) is 0 Å². The lowest BCUT2D eigenvalue weighted by molar-refractivity contribution is 0.100. The number of carbonyl (C=O) groups is 1. The van der Waals surface area contributed by atoms with Crippen LogP contribution in [0.3, 0.4) is 0 Å². The van der Waals surface area contributed by atoms with E-state index in [-0.39, 0.29) is 12.1 Å². The van der Waals surface area contributed by atoms with Crippen LogP contribution in [0.2, 0.25) is 0 Å². The van der Waals surface area contributed by atoms with Crippen molar-refractivity contribution in [3.8, 4) is 0 Å². The smallest absolute Gasteiger partial charge is 0.248 e. The summed E-state index contributed by atoms with van der Waals surface area (Å²) >= 11 is 0. The number of hydrogen-bond donors (Lipinski definition) is 3. The molecular weight excluding hydrogens is 250 g/mol. The maximum atomic E-state index is 11.2. The third-order valence-corrected chi connectivity index (χ3v) is 3.75. The molecule has 0 spiro atoms. The van der Waals surface area contributed by atoms with Gasteiger partial charge in [-0.3, -0.25) is 4.79 Å². The number of amides is 1. The first kappa shape index (κ1) is 12.7. The van der Waals surface area contributed by atoms with Crippen LogP contribution in [0.15, 0.2) is 48.5 Å². The summed E-state index contributed by atoms with van der Waals surface area (Å²) in [5.41, 5.74) is 15.3. The van der Waals surface area contributed by atoms with Crippen LogP contribution in [0.4, 0.5) is 5.69 Å². The fraction of sp³-hybridized carbons (Fsp3) is 0.188. The molecule has 2 aromatic rings. The number of fused-ring (bicyclic) bond motifs is 1. The van der Waals surface area contributed by atoms with E-state index in [1.165, 1.54) is 11.1 Å². The van der Waals surface area contributed by atoms with Crippen molar-refractivity contribution in [2.45, 2.75) is 18.5 Å². The van der Waals surface area contributed by atoms with Crippen LogP contribution in [0.5, 0.6) is 0 Å². The van der Waals surface area contributed by atoms with Crippen LogP contribution in [0, 0.1) is 0 Å². The molecule has 0 saturated heterocycles. The van der Waals surface area contributed by atoms with Gasteiger partial charge in [0.1, 0.15) is 0 Å². The van der Waals surface area contributed by atoms with Gasteiger partial charge in [-0.2, -0.15) is 0 Å². The molecule has 2 unspecified atom stereocenters. The monoisotopic (exact) mass is 267 g/mol. The van der Waals surface area contributed by atoms with E-state index < -0.39 is 5.91 Å². The minimum atomic E-state index is -0.419. The molecular formula is C16H17N3O. The zero-order chi connectivity index (χ0) is 14.1. The van der Waals surface area contributed by atoms with E-state index >= 15 is 0 Å². The molecule has 1 amide bonds. The van der Waals surface area contributed by atoms with E-state index in [2.05, 4.69) is 17.4 Å². The van der Waals surface area contributed by atoms with Crippen molar-refractivity contribution in [2.75, 3.05) is 5.32 Å². The number of benzene rings is 2. The standard InChI is InChI=1S/C16H17N3O/c17-14-9-15(13-7-2-1-6-12(13)14)19-11-5-3-4-10(8-11)16(18)20/h1-8,14-15,19H,9,17H2,(H2,18,20). The van der Waals surface area contributed by atoms with E-state index in [0.29, 0.717) is 5.56 Å². The van der Waals surface area contributed by atoms with Crippen molar-refractivity contribution in [1.29, 1.82) is 0 Å². The summed E-state index contributed by atoms with van der Waals surface area (Å²) in [7, 11) is 0. The largest absolute Gasteiger partial charge is 0.378 e. The summed E-state index contributed by atoms with van der Waals surface area (Å²) < 4.78 is 0. The molecule has 0 aliphatic heterocycles. The molecule has 20 heavy (non-hydrogen) atoms. The normalized spacial score (nSPS) is 20.4. The Morgan fingerprint density at radius 2 is 1.85 bits per heavy atom. The molecule has 4 heteroatoms. The maximum absolute atomic E-state index is 11.2. The predicted molar refractivity (Wildman–Crippen MR) is 79.3 cm³/mol. The van der Waals surface area contributed by atoms with Crippen molar-refractivity contribution in [2.24, 2.45) is 11.5 Å². The average molecular weight is 267 g/mol. The average Bonchev–Trinajstić information content (AvgIpc) is 2.76. The Morgan fingerprint density at radius 3 is 2.60 bits per heavy atom. The minimum Gasteiger partial charge on any atom is -0.378 e. The van der Waals surface area contributed by atoms with Crippen molar-refractivity contribution in [3.05, 3.63) is 65.2 Å². The van der Waals surface area contributed by atoms with E-state index in [1.807, 2.05) is 24.3 Å². The third kappa shape index (κ3) is 2.26. The molecule has 0 radical (unpaired) electrons. The van der Waals surface area contributed by atoms with E-state index in [1.54, 1.807) is 12.1 Å². The number of carbonyl (C=O) groups excluding carboxylic acids is 1. The van der Waals surface area contributed by atoms with Gasteiger partial charge in [-0.15, -0.1) is 0 Å². The lowest BCUT2D eigenvalue weighted by atomic mass is 10.1. The zero-order valence-corrected chi connectivity index (χ0v) is 11.0. The molecule has 0 saturated carbocycles. The van der Waals surface area contributed by atoms with E-state index in [0.717, 1.165) is 12.1 Å². The van der Waals surface area contributed by atoms with Gasteiger partial charge in [-0.25, -0.2) is 0 Å². The van der Waals surface area contributed by atoms with E-state index in [4.69, 9.17) is 11.5 Å². The Hall–Kier alpha value is -2.33. The maximum Gasteiger partial charge on any atom is 0.248 e. The molecule has 2 atom stereocenters. The highest BCUT2D eigenvalue weighted by Gasteiger charge is 2.27. The van der Waals surface area contributed by atoms with Gasteiger partial charge in [0.2, 0.25) is 5.91 Å². The van der Waals surface area contributed by atoms with Crippen molar-refractivity contribution in [3.63, 3.8) is 0 Å². The molecule has 3 rings (SSSR count). The molecule has 5 N–H and O–H groups in total. The van der Waals surface area contributed by atoms with Gasteiger partial charge in [0, 0.05) is 17.3 Å². The number of nitrogens with two attached hydrogens (primary N) is 2. The lowest BCUT2D eigenvalue weighted by Gasteiger charge is -2.16. The molecule has 1 aliphatic carbocycles. The fourth-order valence-electron chi connectivity index (χ4n) is 2.77. The number of hydrogen-bond acceptors (Lipinski definition) is 3. The Morgan fingerprint density at radius 1 is 1.10 bits per heavy atom. The second kappa shape index (κ2) is 4.98. The highest BCUT2D eigenvalue weighted by molar-refractivity contribution is 5.93. The third-order valence-electron chi connectivity index (χ3n) is 3.75. The first-order valence-electron chi connectivity index (χ1n) is 6.66. The molecule has 102 valence electrons. The summed E-state index contributed by atoms with van der Waals surface area (Å²) in [6, 6.07) is 15.7. The first-order valence-corrected chi connectivity index (χ1v) is 6.66. The summed E-state index contributed by atoms with van der Waals surface area (Å²) in [4.78, 5) is 11.2. The quantitative estimate of drug-likeness (QED) is 0.798. The van der Waals surface area contributed by atoms with Gasteiger partial charge in [-0.1, -0.05) is 30.3 Å². The van der Waals surface area contributed by atoms with Crippen LogP contribution in [-0.4, -0.2) is 5.91 Å². The van der Waals surface area contributed by atoms with Crippen LogP contribution >= 0.6 is 0 Å². The highest BCUT2D eigenvalue weighted by Crippen LogP contribution is 2.39. The molecule has 2 aromatic carbocycles. The molecule has 0 fully saturated rings. The number of nitrogens with one attached hydrogen (secondary N) is 1. The number of anilines is 1. The number of rotatable bonds is 3. The van der Waals surface area contributed by atoms with Gasteiger partial charge in [0.25, 0.3) is 0 Å². The summed E-state index contributed by atoms with van der Waals surface area (Å²) in [6.45, 7) is 0. The van der Waals surface area contributed by atoms with Gasteiger partial charge in [-0.05, 0) is 35.7 Å². The number of primary amides is 1. The fourth-order valence-corrected chi connectivity index (χ4v) is 2.77. The summed E-state index contributed by atoms with van der Waals surface area (Å²) in [5, 5.41) is 3.43. The Balaban J connectivity index is 1.86. The lowest BCUT2D eigenvalue weighted by Crippen LogP contribution is -2.13. The summed E-state index contributed by atoms with van der Waals surface area (Å²) in [6.07, 6.45) is 0.847. The topological polar surface area (TPSA) is 81.1 Å². The van der Waals surface area contributed by atoms with Crippen LogP contribution in [0.25, 0.3) is 0 Å². The predicted octanol–water partition coefficient (Wildman–Crippen LogP) is 2.34. The molecule has 0 heterocycles. The Bertz CT molecular complexity index is 654. The van der Waals surface area contributed by atoms with Gasteiger partial charge >= 0.3 is 0 Å². The minimum absolute atomic E-state index is 0.0584. The molecule has 0 aromatic heterocycles. The summed E-state index contributed by atoms with van der Waals surface area (Å²) in [5.74, 6) is -0.419. The first-order chi connectivity index (χ1) is 9.65. The van der Waals surface area contributed by atoms with Crippen molar-refractivity contribution >= 4 is 11.6 Å². The van der Waals surface area contributed by atoms with Crippen molar-refractivity contribution in [1.82, 2.24) is 0 Å². The van der Waals surface area contributed by atoms with Crippen LogP contribution in [0.1, 0.15) is 40.0 Å². The van der Waals surface area contributed by atoms with Crippen molar-refractivity contribution < 1.29 is 4.79 Å². The zero-order valence-electron chi connectivity index (χ0n) is 11.0.